The Morgan fingerprint density at radius 3 is 2.91 bits per heavy atom. The number of imidazole rings is 1. The Hall–Kier alpha value is -3.97. The third-order valence-corrected chi connectivity index (χ3v) is 6.78. The smallest absolute Gasteiger partial charge is 0.228 e. The van der Waals surface area contributed by atoms with Gasteiger partial charge in [0.05, 0.1) is 11.2 Å². The number of hydrogen-bond donors (Lipinski definition) is 2. The van der Waals surface area contributed by atoms with Crippen LogP contribution in [-0.2, 0) is 6.42 Å². The summed E-state index contributed by atoms with van der Waals surface area (Å²) in [7, 11) is 0. The van der Waals surface area contributed by atoms with Crippen LogP contribution in [0.2, 0.25) is 0 Å². The molecule has 2 N–H and O–H groups in total. The first kappa shape index (κ1) is 21.6. The van der Waals surface area contributed by atoms with Crippen LogP contribution in [0.3, 0.4) is 0 Å². The second-order valence-corrected chi connectivity index (χ2v) is 9.18. The Morgan fingerprint density at radius 2 is 1.94 bits per heavy atom. The normalized spacial score (nSPS) is 16.4. The van der Waals surface area contributed by atoms with E-state index in [1.165, 1.54) is 19.3 Å². The highest BCUT2D eigenvalue weighted by Gasteiger charge is 2.18. The van der Waals surface area contributed by atoms with Crippen LogP contribution in [0.25, 0.3) is 33.2 Å². The lowest BCUT2D eigenvalue weighted by Crippen LogP contribution is -2.14. The van der Waals surface area contributed by atoms with Crippen LogP contribution in [0.15, 0.2) is 67.1 Å². The molecule has 0 spiro atoms. The molecule has 7 heteroatoms. The fourth-order valence-electron chi connectivity index (χ4n) is 4.92. The average molecular weight is 463 g/mol. The van der Waals surface area contributed by atoms with Crippen molar-refractivity contribution >= 4 is 27.7 Å². The molecule has 5 aromatic rings. The molecule has 174 valence electrons. The molecule has 1 atom stereocenters. The molecular formula is C28H26N6O. The molecule has 0 aliphatic carbocycles. The van der Waals surface area contributed by atoms with Gasteiger partial charge in [-0.2, -0.15) is 0 Å². The van der Waals surface area contributed by atoms with Gasteiger partial charge in [0.15, 0.2) is 11.5 Å². The van der Waals surface area contributed by atoms with Crippen LogP contribution in [0.4, 0.5) is 0 Å². The highest BCUT2D eigenvalue weighted by molar-refractivity contribution is 6.08. The molecule has 1 fully saturated rings. The number of hydrogen-bond acceptors (Lipinski definition) is 6. The molecule has 5 heterocycles. The highest BCUT2D eigenvalue weighted by Crippen LogP contribution is 2.27. The zero-order chi connectivity index (χ0) is 23.6. The summed E-state index contributed by atoms with van der Waals surface area (Å²) < 4.78 is 0. The van der Waals surface area contributed by atoms with Crippen LogP contribution in [0.5, 0.6) is 0 Å². The second kappa shape index (κ2) is 9.35. The number of benzene rings is 1. The van der Waals surface area contributed by atoms with E-state index in [-0.39, 0.29) is 11.6 Å². The molecule has 0 amide bonds. The third-order valence-electron chi connectivity index (χ3n) is 6.78. The maximum Gasteiger partial charge on any atom is 0.228 e. The van der Waals surface area contributed by atoms with Crippen LogP contribution in [0, 0.1) is 5.92 Å². The fraction of sp³-hybridized carbons (Fsp3) is 0.250. The number of aromatic amines is 1. The van der Waals surface area contributed by atoms with Crippen LogP contribution in [-0.4, -0.2) is 43.8 Å². The largest absolute Gasteiger partial charge is 0.334 e. The molecule has 1 aliphatic heterocycles. The first-order valence-corrected chi connectivity index (χ1v) is 12.1. The molecule has 0 saturated carbocycles. The van der Waals surface area contributed by atoms with Gasteiger partial charge in [0.2, 0.25) is 5.78 Å². The van der Waals surface area contributed by atoms with Crippen molar-refractivity contribution in [1.29, 1.82) is 0 Å². The standard InChI is InChI=1S/C28H26N6O/c35-26(19-10-13-31-25(15-19)23-17-30-16-20-5-1-2-6-22(20)23)28-33-24-8-7-21(32-27(24)34-28)14-18-4-3-11-29-12-9-18/h1-2,5-8,10,13,15-18,29H,3-4,9,11-12,14H2,(H,32,33,34). The molecular weight excluding hydrogens is 436 g/mol. The number of nitrogens with one attached hydrogen (secondary N) is 2. The van der Waals surface area contributed by atoms with Gasteiger partial charge in [0.1, 0.15) is 0 Å². The van der Waals surface area contributed by atoms with Crippen molar-refractivity contribution in [3.05, 3.63) is 84.2 Å². The minimum Gasteiger partial charge on any atom is -0.334 e. The third kappa shape index (κ3) is 4.42. The van der Waals surface area contributed by atoms with Crippen molar-refractivity contribution in [1.82, 2.24) is 30.2 Å². The quantitative estimate of drug-likeness (QED) is 0.367. The molecule has 0 radical (unpaired) electrons. The van der Waals surface area contributed by atoms with Gasteiger partial charge in [-0.25, -0.2) is 9.97 Å². The number of carbonyl (C=O) groups excluding carboxylic acids is 1. The van der Waals surface area contributed by atoms with Crippen LogP contribution >= 0.6 is 0 Å². The van der Waals surface area contributed by atoms with E-state index in [0.717, 1.165) is 47.1 Å². The topological polar surface area (TPSA) is 96.4 Å². The van der Waals surface area contributed by atoms with E-state index < -0.39 is 0 Å². The Kier molecular flexibility index (Phi) is 5.76. The van der Waals surface area contributed by atoms with Crippen molar-refractivity contribution < 1.29 is 4.79 Å². The maximum absolute atomic E-state index is 13.3. The average Bonchev–Trinajstić information content (AvgIpc) is 3.16. The summed E-state index contributed by atoms with van der Waals surface area (Å²) in [5, 5.41) is 5.54. The van der Waals surface area contributed by atoms with E-state index in [1.54, 1.807) is 24.5 Å². The highest BCUT2D eigenvalue weighted by atomic mass is 16.1. The molecule has 1 unspecified atom stereocenters. The lowest BCUT2D eigenvalue weighted by molar-refractivity contribution is 0.103. The number of fused-ring (bicyclic) bond motifs is 2. The summed E-state index contributed by atoms with van der Waals surface area (Å²) in [6, 6.07) is 15.6. The van der Waals surface area contributed by atoms with Crippen molar-refractivity contribution in [2.45, 2.75) is 25.7 Å². The molecule has 1 aliphatic rings. The summed E-state index contributed by atoms with van der Waals surface area (Å²) in [5.41, 5.74) is 4.51. The Bertz CT molecular complexity index is 1510. The lowest BCUT2D eigenvalue weighted by atomic mass is 9.95. The molecule has 6 rings (SSSR count). The second-order valence-electron chi connectivity index (χ2n) is 9.18. The van der Waals surface area contributed by atoms with Gasteiger partial charge < -0.3 is 10.3 Å². The van der Waals surface area contributed by atoms with Gasteiger partial charge in [0.25, 0.3) is 0 Å². The summed E-state index contributed by atoms with van der Waals surface area (Å²) in [4.78, 5) is 34.7. The zero-order valence-electron chi connectivity index (χ0n) is 19.4. The Labute approximate surface area is 203 Å². The number of carbonyl (C=O) groups is 1. The first-order chi connectivity index (χ1) is 17.2. The molecule has 1 aromatic carbocycles. The van der Waals surface area contributed by atoms with E-state index in [1.807, 2.05) is 42.6 Å². The molecule has 7 nitrogen and oxygen atoms in total. The van der Waals surface area contributed by atoms with Crippen molar-refractivity contribution in [2.24, 2.45) is 5.92 Å². The molecule has 0 bridgehead atoms. The maximum atomic E-state index is 13.3. The van der Waals surface area contributed by atoms with Crippen LogP contribution < -0.4 is 5.32 Å². The van der Waals surface area contributed by atoms with Crippen molar-refractivity contribution in [3.63, 3.8) is 0 Å². The monoisotopic (exact) mass is 462 g/mol. The number of aromatic nitrogens is 5. The van der Waals surface area contributed by atoms with Gasteiger partial charge in [-0.15, -0.1) is 0 Å². The van der Waals surface area contributed by atoms with E-state index in [9.17, 15) is 4.79 Å². The number of H-pyrrole nitrogens is 1. The van der Waals surface area contributed by atoms with E-state index in [4.69, 9.17) is 4.98 Å². The zero-order valence-corrected chi connectivity index (χ0v) is 19.4. The SMILES string of the molecule is O=C(c1ccnc(-c2cncc3ccccc23)c1)c1nc2nc(CC3CCCNCC3)ccc2[nH]1. The van der Waals surface area contributed by atoms with Gasteiger partial charge in [-0.05, 0) is 74.3 Å². The lowest BCUT2D eigenvalue weighted by Gasteiger charge is -2.12. The van der Waals surface area contributed by atoms with Gasteiger partial charge in [0, 0.05) is 40.8 Å². The molecule has 4 aromatic heterocycles. The summed E-state index contributed by atoms with van der Waals surface area (Å²) in [6.07, 6.45) is 9.81. The predicted molar refractivity (Wildman–Crippen MR) is 136 cm³/mol. The van der Waals surface area contributed by atoms with E-state index >= 15 is 0 Å². The van der Waals surface area contributed by atoms with E-state index in [0.29, 0.717) is 22.8 Å². The van der Waals surface area contributed by atoms with Gasteiger partial charge >= 0.3 is 0 Å². The first-order valence-electron chi connectivity index (χ1n) is 12.1. The summed E-state index contributed by atoms with van der Waals surface area (Å²) in [5.74, 6) is 0.738. The fourth-order valence-corrected chi connectivity index (χ4v) is 4.92. The number of pyridine rings is 3. The van der Waals surface area contributed by atoms with E-state index in [2.05, 4.69) is 25.3 Å². The summed E-state index contributed by atoms with van der Waals surface area (Å²) in [6.45, 7) is 2.16. The molecule has 35 heavy (non-hydrogen) atoms. The van der Waals surface area contributed by atoms with Crippen molar-refractivity contribution in [3.8, 4) is 11.3 Å². The minimum absolute atomic E-state index is 0.184. The predicted octanol–water partition coefficient (Wildman–Crippen LogP) is 4.73. The van der Waals surface area contributed by atoms with Gasteiger partial charge in [-0.1, -0.05) is 24.3 Å². The van der Waals surface area contributed by atoms with Gasteiger partial charge in [-0.3, -0.25) is 14.8 Å². The number of nitrogens with zero attached hydrogens (tertiary/aromatic N) is 4. The number of ketones is 1. The number of rotatable bonds is 5. The van der Waals surface area contributed by atoms with Crippen molar-refractivity contribution in [2.75, 3.05) is 13.1 Å². The van der Waals surface area contributed by atoms with Crippen LogP contribution in [0.1, 0.15) is 41.1 Å². The molecule has 1 saturated heterocycles. The Balaban J connectivity index is 1.28. The Morgan fingerprint density at radius 1 is 1.00 bits per heavy atom. The summed E-state index contributed by atoms with van der Waals surface area (Å²) >= 11 is 0. The minimum atomic E-state index is -0.184.